The molecule has 0 aliphatic rings. The van der Waals surface area contributed by atoms with Crippen LogP contribution >= 0.6 is 23.4 Å². The molecule has 4 aromatic rings. The van der Waals surface area contributed by atoms with Gasteiger partial charge in [-0.05, 0) is 23.8 Å². The molecule has 2 aromatic heterocycles. The van der Waals surface area contributed by atoms with Crippen molar-refractivity contribution in [1.29, 1.82) is 0 Å². The summed E-state index contributed by atoms with van der Waals surface area (Å²) in [7, 11) is 0. The molecule has 2 aromatic carbocycles. The number of nitrogens with zero attached hydrogens (tertiary/aromatic N) is 5. The fourth-order valence-electron chi connectivity index (χ4n) is 2.76. The van der Waals surface area contributed by atoms with Crippen molar-refractivity contribution < 1.29 is 0 Å². The van der Waals surface area contributed by atoms with Crippen molar-refractivity contribution >= 4 is 46.3 Å². The molecule has 0 aliphatic heterocycles. The van der Waals surface area contributed by atoms with E-state index in [0.717, 1.165) is 16.2 Å². The molecule has 0 fully saturated rings. The van der Waals surface area contributed by atoms with E-state index in [1.54, 1.807) is 0 Å². The second kappa shape index (κ2) is 7.42. The number of hydrogen-bond acceptors (Lipinski definition) is 7. The van der Waals surface area contributed by atoms with Crippen LogP contribution in [0.4, 0.5) is 11.9 Å². The lowest BCUT2D eigenvalue weighted by Crippen LogP contribution is -2.06. The highest BCUT2D eigenvalue weighted by Crippen LogP contribution is 2.28. The molecule has 0 bridgehead atoms. The normalized spacial score (nSPS) is 11.1. The second-order valence-electron chi connectivity index (χ2n) is 5.86. The largest absolute Gasteiger partial charge is 0.368 e. The van der Waals surface area contributed by atoms with Gasteiger partial charge < -0.3 is 16.0 Å². The van der Waals surface area contributed by atoms with Gasteiger partial charge in [0.2, 0.25) is 11.9 Å². The van der Waals surface area contributed by atoms with Gasteiger partial charge in [0.05, 0.1) is 23.3 Å². The molecule has 0 atom stereocenters. The van der Waals surface area contributed by atoms with E-state index in [1.165, 1.54) is 17.3 Å². The predicted molar refractivity (Wildman–Crippen MR) is 108 cm³/mol. The van der Waals surface area contributed by atoms with Gasteiger partial charge in [-0.15, -0.1) is 0 Å². The molecule has 0 aliphatic carbocycles. The molecular formula is C18H16ClN7S. The molecule has 7 nitrogen and oxygen atoms in total. The van der Waals surface area contributed by atoms with Crippen LogP contribution in [0.5, 0.6) is 0 Å². The number of anilines is 2. The lowest BCUT2D eigenvalue weighted by atomic mass is 10.2. The standard InChI is InChI=1S/C18H16ClN7S/c19-12-6-7-14-13(8-12)22-18(26(14)9-11-4-2-1-3-5-11)27-10-15-23-16(20)25-17(21)24-15/h1-8H,9-10H2,(H4,20,21,23,24,25). The third-order valence-electron chi connectivity index (χ3n) is 3.91. The minimum atomic E-state index is 0.114. The summed E-state index contributed by atoms with van der Waals surface area (Å²) in [6, 6.07) is 15.9. The Labute approximate surface area is 164 Å². The van der Waals surface area contributed by atoms with Crippen LogP contribution in [0.1, 0.15) is 11.4 Å². The highest BCUT2D eigenvalue weighted by molar-refractivity contribution is 7.98. The van der Waals surface area contributed by atoms with Crippen molar-refractivity contribution in [3.8, 4) is 0 Å². The van der Waals surface area contributed by atoms with Crippen LogP contribution in [0.15, 0.2) is 53.7 Å². The monoisotopic (exact) mass is 397 g/mol. The van der Waals surface area contributed by atoms with Crippen molar-refractivity contribution in [3.05, 3.63) is 64.9 Å². The summed E-state index contributed by atoms with van der Waals surface area (Å²) in [6.45, 7) is 0.697. The topological polar surface area (TPSA) is 109 Å². The number of nitrogen functional groups attached to an aromatic ring is 2. The van der Waals surface area contributed by atoms with Gasteiger partial charge in [0, 0.05) is 5.02 Å². The van der Waals surface area contributed by atoms with E-state index in [0.29, 0.717) is 23.1 Å². The summed E-state index contributed by atoms with van der Waals surface area (Å²) in [5.41, 5.74) is 14.3. The van der Waals surface area contributed by atoms with E-state index in [1.807, 2.05) is 36.4 Å². The Morgan fingerprint density at radius 2 is 1.67 bits per heavy atom. The van der Waals surface area contributed by atoms with Crippen LogP contribution in [0, 0.1) is 0 Å². The smallest absolute Gasteiger partial charge is 0.225 e. The minimum absolute atomic E-state index is 0.114. The van der Waals surface area contributed by atoms with Gasteiger partial charge in [0.25, 0.3) is 0 Å². The number of benzene rings is 2. The number of fused-ring (bicyclic) bond motifs is 1. The number of rotatable bonds is 5. The van der Waals surface area contributed by atoms with E-state index >= 15 is 0 Å². The Kier molecular flexibility index (Phi) is 4.83. The Hall–Kier alpha value is -2.84. The average molecular weight is 398 g/mol. The van der Waals surface area contributed by atoms with Gasteiger partial charge in [-0.2, -0.15) is 15.0 Å². The number of aromatic nitrogens is 5. The van der Waals surface area contributed by atoms with Crippen LogP contribution in [-0.4, -0.2) is 24.5 Å². The van der Waals surface area contributed by atoms with Crippen molar-refractivity contribution in [1.82, 2.24) is 24.5 Å². The molecular weight excluding hydrogens is 382 g/mol. The van der Waals surface area contributed by atoms with E-state index in [2.05, 4.69) is 31.7 Å². The molecule has 136 valence electrons. The van der Waals surface area contributed by atoms with Gasteiger partial charge in [0.15, 0.2) is 5.16 Å². The fourth-order valence-corrected chi connectivity index (χ4v) is 3.80. The minimum Gasteiger partial charge on any atom is -0.368 e. The molecule has 27 heavy (non-hydrogen) atoms. The Balaban J connectivity index is 1.69. The molecule has 0 radical (unpaired) electrons. The zero-order valence-electron chi connectivity index (χ0n) is 14.2. The van der Waals surface area contributed by atoms with Crippen LogP contribution in [0.3, 0.4) is 0 Å². The van der Waals surface area contributed by atoms with E-state index in [-0.39, 0.29) is 11.9 Å². The van der Waals surface area contributed by atoms with Gasteiger partial charge in [0.1, 0.15) is 5.82 Å². The SMILES string of the molecule is Nc1nc(N)nc(CSc2nc3cc(Cl)ccc3n2Cc2ccccc2)n1. The van der Waals surface area contributed by atoms with Crippen LogP contribution < -0.4 is 11.5 Å². The van der Waals surface area contributed by atoms with Crippen LogP contribution in [0.2, 0.25) is 5.02 Å². The first-order valence-corrected chi connectivity index (χ1v) is 9.53. The number of imidazole rings is 1. The summed E-state index contributed by atoms with van der Waals surface area (Å²) < 4.78 is 2.15. The van der Waals surface area contributed by atoms with Gasteiger partial charge in [-0.1, -0.05) is 53.7 Å². The lowest BCUT2D eigenvalue weighted by Gasteiger charge is -2.09. The third-order valence-corrected chi connectivity index (χ3v) is 5.11. The van der Waals surface area contributed by atoms with E-state index in [4.69, 9.17) is 28.1 Å². The maximum absolute atomic E-state index is 6.14. The zero-order chi connectivity index (χ0) is 18.8. The Bertz CT molecular complexity index is 1080. The predicted octanol–water partition coefficient (Wildman–Crippen LogP) is 3.38. The van der Waals surface area contributed by atoms with Crippen molar-refractivity contribution in [3.63, 3.8) is 0 Å². The molecule has 0 saturated carbocycles. The Morgan fingerprint density at radius 3 is 2.41 bits per heavy atom. The molecule has 4 N–H and O–H groups in total. The first kappa shape index (κ1) is 17.6. The number of halogens is 1. The third kappa shape index (κ3) is 3.96. The molecule has 9 heteroatoms. The first-order chi connectivity index (χ1) is 13.1. The summed E-state index contributed by atoms with van der Waals surface area (Å²) >= 11 is 7.65. The molecule has 0 amide bonds. The number of hydrogen-bond donors (Lipinski definition) is 2. The van der Waals surface area contributed by atoms with Crippen molar-refractivity contribution in [2.75, 3.05) is 11.5 Å². The van der Waals surface area contributed by atoms with Crippen LogP contribution in [0.25, 0.3) is 11.0 Å². The lowest BCUT2D eigenvalue weighted by molar-refractivity contribution is 0.730. The molecule has 0 unspecified atom stereocenters. The molecule has 4 rings (SSSR count). The maximum atomic E-state index is 6.14. The Morgan fingerprint density at radius 1 is 0.926 bits per heavy atom. The van der Waals surface area contributed by atoms with E-state index < -0.39 is 0 Å². The molecule has 0 spiro atoms. The fraction of sp³-hybridized carbons (Fsp3) is 0.111. The summed E-state index contributed by atoms with van der Waals surface area (Å²) in [6.07, 6.45) is 0. The highest BCUT2D eigenvalue weighted by atomic mass is 35.5. The second-order valence-corrected chi connectivity index (χ2v) is 7.23. The van der Waals surface area contributed by atoms with Crippen LogP contribution in [-0.2, 0) is 12.3 Å². The summed E-state index contributed by atoms with van der Waals surface area (Å²) in [4.78, 5) is 16.8. The first-order valence-electron chi connectivity index (χ1n) is 8.17. The number of nitrogens with two attached hydrogens (primary N) is 2. The van der Waals surface area contributed by atoms with Gasteiger partial charge in [-0.25, -0.2) is 4.98 Å². The van der Waals surface area contributed by atoms with E-state index in [9.17, 15) is 0 Å². The van der Waals surface area contributed by atoms with Crippen molar-refractivity contribution in [2.45, 2.75) is 17.5 Å². The maximum Gasteiger partial charge on any atom is 0.225 e. The molecule has 0 saturated heterocycles. The summed E-state index contributed by atoms with van der Waals surface area (Å²) in [5, 5.41) is 1.50. The van der Waals surface area contributed by atoms with Crippen molar-refractivity contribution in [2.24, 2.45) is 0 Å². The summed E-state index contributed by atoms with van der Waals surface area (Å²) in [5.74, 6) is 1.22. The highest BCUT2D eigenvalue weighted by Gasteiger charge is 2.14. The quantitative estimate of drug-likeness (QED) is 0.497. The van der Waals surface area contributed by atoms with Gasteiger partial charge in [-0.3, -0.25) is 0 Å². The molecule has 2 heterocycles. The zero-order valence-corrected chi connectivity index (χ0v) is 15.8. The average Bonchev–Trinajstić information content (AvgIpc) is 2.96. The van der Waals surface area contributed by atoms with Gasteiger partial charge >= 0.3 is 0 Å². The number of thioether (sulfide) groups is 1.